The van der Waals surface area contributed by atoms with Crippen molar-refractivity contribution in [2.75, 3.05) is 19.7 Å². The predicted molar refractivity (Wildman–Crippen MR) is 151 cm³/mol. The van der Waals surface area contributed by atoms with Gasteiger partial charge in [0, 0.05) is 5.56 Å². The summed E-state index contributed by atoms with van der Waals surface area (Å²) in [6.07, 6.45) is 1.55. The highest BCUT2D eigenvalue weighted by Gasteiger charge is 2.75. The molecule has 14 nitrogen and oxygen atoms in total. The summed E-state index contributed by atoms with van der Waals surface area (Å²) in [6, 6.07) is 1.89. The van der Waals surface area contributed by atoms with Crippen LogP contribution in [0.25, 0.3) is 0 Å². The summed E-state index contributed by atoms with van der Waals surface area (Å²) >= 11 is 0. The second-order valence-corrected chi connectivity index (χ2v) is 12.2. The summed E-state index contributed by atoms with van der Waals surface area (Å²) in [4.78, 5) is 30.7. The van der Waals surface area contributed by atoms with Crippen molar-refractivity contribution in [2.45, 2.75) is 81.6 Å². The van der Waals surface area contributed by atoms with Crippen molar-refractivity contribution in [3.8, 4) is 5.75 Å². The molecule has 1 aromatic rings. The highest BCUT2D eigenvalue weighted by molar-refractivity contribution is 5.98. The van der Waals surface area contributed by atoms with Crippen LogP contribution in [-0.2, 0) is 10.2 Å². The van der Waals surface area contributed by atoms with E-state index in [1.807, 2.05) is 19.9 Å². The second-order valence-electron chi connectivity index (χ2n) is 12.2. The number of carbonyl (C=O) groups is 2. The molecule has 4 aliphatic heterocycles. The number of nitrogens with zero attached hydrogens (tertiary/aromatic N) is 2. The number of carbonyl (C=O) groups excluding carboxylic acids is 2. The lowest BCUT2D eigenvalue weighted by Crippen LogP contribution is -2.79. The standard InChI is InChI=1S/C27H41N9O5/c1-5-13(2)18(28)22(38)31-11-16-20-26(35-23(29)34-20)27(39,40)17(12-36(26)24(30)32-16)33-21(37)14-7-6-8-15-19(14)41-10-9-25(15,3)4/h6-8,13,16-18,20,39-40H,5,9-12,28H2,1-4H3,(H7,29,30,31,32,33,34,35,37,38)/p+1/t13-,16-,17?,18-,20-,26-/m0/s1. The van der Waals surface area contributed by atoms with Gasteiger partial charge in [-0.1, -0.05) is 46.2 Å². The summed E-state index contributed by atoms with van der Waals surface area (Å²) in [5.74, 6) is -2.91. The molecule has 4 heterocycles. The number of aliphatic imine (C=N–C) groups is 1. The second kappa shape index (κ2) is 10.0. The Morgan fingerprint density at radius 1 is 1.29 bits per heavy atom. The molecule has 1 unspecified atom stereocenters. The van der Waals surface area contributed by atoms with Crippen molar-refractivity contribution in [3.63, 3.8) is 0 Å². The number of nitrogens with one attached hydrogen (secondary N) is 4. The van der Waals surface area contributed by atoms with E-state index in [9.17, 15) is 19.8 Å². The lowest BCUT2D eigenvalue weighted by Gasteiger charge is -2.43. The number of hydrogen-bond acceptors (Lipinski definition) is 11. The molecule has 1 aromatic carbocycles. The summed E-state index contributed by atoms with van der Waals surface area (Å²) in [7, 11) is 0. The molecule has 0 radical (unpaired) electrons. The number of hydrogen-bond donors (Lipinski definition) is 9. The summed E-state index contributed by atoms with van der Waals surface area (Å²) < 4.78 is 7.41. The molecule has 6 atom stereocenters. The lowest BCUT2D eigenvalue weighted by molar-refractivity contribution is -0.623. The molecule has 0 aliphatic carbocycles. The molecule has 1 fully saturated rings. The summed E-state index contributed by atoms with van der Waals surface area (Å²) in [5.41, 5.74) is 17.9. The molecule has 12 N–H and O–H groups in total. The van der Waals surface area contributed by atoms with Crippen molar-refractivity contribution in [2.24, 2.45) is 28.1 Å². The maximum Gasteiger partial charge on any atom is 0.346 e. The molecular weight excluding hydrogens is 530 g/mol. The molecule has 224 valence electrons. The van der Waals surface area contributed by atoms with Gasteiger partial charge in [-0.25, -0.2) is 9.57 Å². The topological polar surface area (TPSA) is 225 Å². The van der Waals surface area contributed by atoms with Crippen molar-refractivity contribution >= 4 is 23.7 Å². The maximum atomic E-state index is 13.6. The van der Waals surface area contributed by atoms with Crippen LogP contribution in [0, 0.1) is 5.92 Å². The SMILES string of the molecule is CC[C@H](C)[C@H](N)C(=O)NC[C@@H]1NC(N)=[N+]2CC(NC(=O)c3cccc4c3OCCC4(C)C)C(O)(O)[C@@]23NC(N)=N[C@@H]13. The van der Waals surface area contributed by atoms with Gasteiger partial charge in [0.1, 0.15) is 23.9 Å². The van der Waals surface area contributed by atoms with Gasteiger partial charge in [-0.05, 0) is 23.8 Å². The van der Waals surface area contributed by atoms with Crippen molar-refractivity contribution < 1.29 is 29.1 Å². The van der Waals surface area contributed by atoms with E-state index in [1.54, 1.807) is 12.1 Å². The predicted octanol–water partition coefficient (Wildman–Crippen LogP) is -2.69. The number of para-hydroxylation sites is 1. The molecule has 1 spiro atoms. The van der Waals surface area contributed by atoms with Crippen molar-refractivity contribution in [3.05, 3.63) is 29.3 Å². The molecule has 0 saturated carbocycles. The Kier molecular flexibility index (Phi) is 7.07. The highest BCUT2D eigenvalue weighted by atomic mass is 16.5. The van der Waals surface area contributed by atoms with E-state index in [2.05, 4.69) is 40.1 Å². The van der Waals surface area contributed by atoms with Crippen LogP contribution in [0.3, 0.4) is 0 Å². The van der Waals surface area contributed by atoms with Crippen LogP contribution in [0.4, 0.5) is 0 Å². The van der Waals surface area contributed by atoms with E-state index in [4.69, 9.17) is 21.9 Å². The molecular formula is C27H42N9O5+. The van der Waals surface area contributed by atoms with Crippen LogP contribution < -0.4 is 43.2 Å². The Bertz CT molecular complexity index is 1310. The molecule has 1 saturated heterocycles. The fourth-order valence-electron chi connectivity index (χ4n) is 6.35. The van der Waals surface area contributed by atoms with Crippen LogP contribution in [0.2, 0.25) is 0 Å². The van der Waals surface area contributed by atoms with E-state index in [-0.39, 0.29) is 42.2 Å². The van der Waals surface area contributed by atoms with Gasteiger partial charge in [-0.3, -0.25) is 20.6 Å². The van der Waals surface area contributed by atoms with Gasteiger partial charge < -0.3 is 42.4 Å². The Morgan fingerprint density at radius 3 is 2.73 bits per heavy atom. The van der Waals surface area contributed by atoms with Gasteiger partial charge in [-0.15, -0.1) is 0 Å². The third kappa shape index (κ3) is 4.44. The van der Waals surface area contributed by atoms with Gasteiger partial charge in [0.25, 0.3) is 5.91 Å². The quantitative estimate of drug-likeness (QED) is 0.121. The number of aliphatic hydroxyl groups is 2. The molecule has 4 aliphatic rings. The van der Waals surface area contributed by atoms with Crippen LogP contribution in [0.15, 0.2) is 23.2 Å². The van der Waals surface area contributed by atoms with Crippen LogP contribution >= 0.6 is 0 Å². The first-order chi connectivity index (χ1) is 19.2. The Hall–Kier alpha value is -3.62. The van der Waals surface area contributed by atoms with E-state index in [0.29, 0.717) is 17.9 Å². The van der Waals surface area contributed by atoms with Gasteiger partial charge >= 0.3 is 5.96 Å². The van der Waals surface area contributed by atoms with Crippen molar-refractivity contribution in [1.29, 1.82) is 0 Å². The molecule has 5 rings (SSSR count). The number of benzene rings is 1. The molecule has 2 amide bonds. The van der Waals surface area contributed by atoms with Crippen molar-refractivity contribution in [1.82, 2.24) is 21.3 Å². The first-order valence-corrected chi connectivity index (χ1v) is 14.1. The van der Waals surface area contributed by atoms with E-state index >= 15 is 0 Å². The number of fused-ring (bicyclic) bond motifs is 1. The van der Waals surface area contributed by atoms with Crippen LogP contribution in [-0.4, -0.2) is 93.8 Å². The average molecular weight is 573 g/mol. The highest BCUT2D eigenvalue weighted by Crippen LogP contribution is 2.43. The fourth-order valence-corrected chi connectivity index (χ4v) is 6.35. The minimum Gasteiger partial charge on any atom is -0.492 e. The fraction of sp³-hybridized carbons (Fsp3) is 0.630. The van der Waals surface area contributed by atoms with Gasteiger partial charge in [0.2, 0.25) is 17.4 Å². The van der Waals surface area contributed by atoms with Gasteiger partial charge in [0.15, 0.2) is 5.96 Å². The summed E-state index contributed by atoms with van der Waals surface area (Å²) in [5, 5.41) is 35.1. The van der Waals surface area contributed by atoms with Crippen LogP contribution in [0.1, 0.15) is 56.5 Å². The van der Waals surface area contributed by atoms with E-state index in [1.165, 1.54) is 4.58 Å². The largest absolute Gasteiger partial charge is 0.492 e. The molecule has 0 aromatic heterocycles. The smallest absolute Gasteiger partial charge is 0.346 e. The van der Waals surface area contributed by atoms with Gasteiger partial charge in [0.05, 0.1) is 31.3 Å². The van der Waals surface area contributed by atoms with E-state index in [0.717, 1.165) is 18.4 Å². The molecule has 0 bridgehead atoms. The maximum absolute atomic E-state index is 13.6. The third-order valence-corrected chi connectivity index (χ3v) is 9.19. The number of guanidine groups is 2. The monoisotopic (exact) mass is 572 g/mol. The molecule has 41 heavy (non-hydrogen) atoms. The third-order valence-electron chi connectivity index (χ3n) is 9.19. The van der Waals surface area contributed by atoms with E-state index < -0.39 is 41.5 Å². The Balaban J connectivity index is 1.41. The number of rotatable bonds is 7. The number of ether oxygens (including phenoxy) is 1. The molecule has 14 heteroatoms. The lowest BCUT2D eigenvalue weighted by atomic mass is 9.79. The summed E-state index contributed by atoms with van der Waals surface area (Å²) in [6.45, 7) is 8.47. The number of amides is 2. The first kappa shape index (κ1) is 28.9. The minimum absolute atomic E-state index is 0.0250. The average Bonchev–Trinajstić information content (AvgIpc) is 3.39. The zero-order valence-electron chi connectivity index (χ0n) is 23.9. The normalized spacial score (nSPS) is 30.3. The van der Waals surface area contributed by atoms with Gasteiger partial charge in [-0.2, -0.15) is 0 Å². The Morgan fingerprint density at radius 2 is 2.02 bits per heavy atom. The number of nitrogens with two attached hydrogens (primary N) is 3. The minimum atomic E-state index is -2.59. The Labute approximate surface area is 238 Å². The first-order valence-electron chi connectivity index (χ1n) is 14.1. The van der Waals surface area contributed by atoms with Crippen LogP contribution in [0.5, 0.6) is 5.75 Å². The zero-order chi connectivity index (χ0) is 29.9. The zero-order valence-corrected chi connectivity index (χ0v) is 23.9.